The Bertz CT molecular complexity index is 1090. The van der Waals surface area contributed by atoms with Crippen LogP contribution in [0.4, 0.5) is 10.2 Å². The molecule has 0 saturated carbocycles. The van der Waals surface area contributed by atoms with Crippen molar-refractivity contribution >= 4 is 29.3 Å². The van der Waals surface area contributed by atoms with Crippen LogP contribution in [-0.4, -0.2) is 58.2 Å². The molecule has 1 aromatic heterocycles. The van der Waals surface area contributed by atoms with E-state index in [0.29, 0.717) is 4.57 Å². The highest BCUT2D eigenvalue weighted by molar-refractivity contribution is 7.66. The molecule has 0 bridgehead atoms. The molecule has 1 aliphatic rings. The molecule has 0 aliphatic carbocycles. The van der Waals surface area contributed by atoms with Gasteiger partial charge in [-0.15, -0.1) is 0 Å². The van der Waals surface area contributed by atoms with E-state index in [1.807, 2.05) is 0 Å². The summed E-state index contributed by atoms with van der Waals surface area (Å²) < 4.78 is 63.8. The molecule has 1 aromatic rings. The zero-order valence-corrected chi connectivity index (χ0v) is 17.5. The Hall–Kier alpha value is -1.68. The maximum atomic E-state index is 13.5. The minimum atomic E-state index is -5.81. The lowest BCUT2D eigenvalue weighted by molar-refractivity contribution is -0.0999. The largest absolute Gasteiger partial charge is 0.506 e. The molecule has 0 amide bonds. The Labute approximate surface area is 170 Å². The van der Waals surface area contributed by atoms with E-state index in [-0.39, 0.29) is 5.82 Å². The summed E-state index contributed by atoms with van der Waals surface area (Å²) in [4.78, 5) is 50.6. The Morgan fingerprint density at radius 2 is 1.84 bits per heavy atom. The fraction of sp³-hybridized carbons (Fsp3) is 0.400. The zero-order chi connectivity index (χ0) is 23.8. The molecule has 0 saturated heterocycles. The predicted molar refractivity (Wildman–Crippen MR) is 93.4 cm³/mol. The lowest BCUT2D eigenvalue weighted by Crippen LogP contribution is -2.44. The van der Waals surface area contributed by atoms with E-state index in [0.717, 1.165) is 12.3 Å². The van der Waals surface area contributed by atoms with Crippen LogP contribution in [0.25, 0.3) is 0 Å². The number of rotatable bonds is 9. The van der Waals surface area contributed by atoms with E-state index in [1.165, 1.54) is 0 Å². The minimum Gasteiger partial charge on any atom is -0.506 e. The van der Waals surface area contributed by atoms with Crippen LogP contribution < -0.4 is 11.4 Å². The van der Waals surface area contributed by atoms with Crippen LogP contribution in [0, 0.1) is 0 Å². The van der Waals surface area contributed by atoms with Crippen molar-refractivity contribution in [1.29, 1.82) is 0 Å². The van der Waals surface area contributed by atoms with Gasteiger partial charge in [-0.3, -0.25) is 9.09 Å². The highest BCUT2D eigenvalue weighted by Gasteiger charge is 2.53. The lowest BCUT2D eigenvalue weighted by Gasteiger charge is -2.26. The topological polar surface area (TPSA) is 270 Å². The number of aliphatic hydroxyl groups is 2. The second-order valence-corrected chi connectivity index (χ2v) is 10.1. The maximum absolute atomic E-state index is 13.5. The molecule has 4 atom stereocenters. The standard InChI is InChI=1S/C10H15FN3O14P3/c11-4-10(17)7(15)5(26-8(10)14-2-1-6(12)13-9(14)16)3-25-30(21,22)28-31(23,24)27-29(18,19)20/h1-2,8,15,17H,3-4H2,(H,21,22)(H,23,24)(H2,12,13,16)(H2,18,19,20)/t8-,10-/m1/s1. The Morgan fingerprint density at radius 1 is 1.23 bits per heavy atom. The van der Waals surface area contributed by atoms with E-state index in [4.69, 9.17) is 25.2 Å². The van der Waals surface area contributed by atoms with Gasteiger partial charge in [-0.05, 0) is 6.07 Å². The number of aromatic nitrogens is 2. The number of nitrogens with zero attached hydrogens (tertiary/aromatic N) is 2. The number of alkyl halides is 1. The Balaban J connectivity index is 2.21. The average Bonchev–Trinajstić information content (AvgIpc) is 2.82. The minimum absolute atomic E-state index is 0.229. The molecule has 2 heterocycles. The molecule has 0 aromatic carbocycles. The second kappa shape index (κ2) is 8.69. The number of hydrogen-bond donors (Lipinski definition) is 7. The quantitative estimate of drug-likeness (QED) is 0.198. The lowest BCUT2D eigenvalue weighted by atomic mass is 10.0. The van der Waals surface area contributed by atoms with Gasteiger partial charge >= 0.3 is 29.2 Å². The van der Waals surface area contributed by atoms with Gasteiger partial charge in [0.2, 0.25) is 11.8 Å². The molecule has 0 spiro atoms. The summed E-state index contributed by atoms with van der Waals surface area (Å²) >= 11 is 0. The van der Waals surface area contributed by atoms with Crippen molar-refractivity contribution in [2.75, 3.05) is 19.0 Å². The maximum Gasteiger partial charge on any atom is 0.490 e. The summed E-state index contributed by atoms with van der Waals surface area (Å²) in [7, 11) is -17.0. The van der Waals surface area contributed by atoms with Crippen molar-refractivity contribution in [3.63, 3.8) is 0 Å². The summed E-state index contributed by atoms with van der Waals surface area (Å²) in [5, 5.41) is 20.4. The van der Waals surface area contributed by atoms with Crippen molar-refractivity contribution in [3.05, 3.63) is 34.3 Å². The fourth-order valence-electron chi connectivity index (χ4n) is 2.21. The number of ether oxygens (including phenoxy) is 1. The zero-order valence-electron chi connectivity index (χ0n) is 14.8. The predicted octanol–water partition coefficient (Wildman–Crippen LogP) is -0.832. The van der Waals surface area contributed by atoms with E-state index in [1.54, 1.807) is 0 Å². The smallest absolute Gasteiger partial charge is 0.490 e. The summed E-state index contributed by atoms with van der Waals surface area (Å²) in [6.07, 6.45) is -1.04. The first kappa shape index (κ1) is 25.6. The number of aliphatic hydroxyl groups excluding tert-OH is 1. The number of anilines is 1. The molecule has 8 N–H and O–H groups in total. The Kier molecular flexibility index (Phi) is 7.17. The third kappa shape index (κ3) is 6.19. The average molecular weight is 513 g/mol. The third-order valence-electron chi connectivity index (χ3n) is 3.42. The third-order valence-corrected chi connectivity index (χ3v) is 7.20. The first-order valence-corrected chi connectivity index (χ1v) is 12.0. The van der Waals surface area contributed by atoms with Crippen LogP contribution in [0.5, 0.6) is 0 Å². The molecule has 17 nitrogen and oxygen atoms in total. The van der Waals surface area contributed by atoms with Crippen LogP contribution in [0.3, 0.4) is 0 Å². The number of phosphoric acid groups is 3. The number of hydrogen-bond acceptors (Lipinski definition) is 12. The van der Waals surface area contributed by atoms with Gasteiger partial charge in [0.25, 0.3) is 0 Å². The molecular weight excluding hydrogens is 498 g/mol. The summed E-state index contributed by atoms with van der Waals surface area (Å²) in [6, 6.07) is 1.07. The van der Waals surface area contributed by atoms with Crippen LogP contribution >= 0.6 is 23.5 Å². The van der Waals surface area contributed by atoms with E-state index in [2.05, 4.69) is 18.1 Å². The van der Waals surface area contributed by atoms with Gasteiger partial charge in [-0.1, -0.05) is 0 Å². The van der Waals surface area contributed by atoms with Crippen molar-refractivity contribution < 1.29 is 65.8 Å². The molecule has 31 heavy (non-hydrogen) atoms. The molecular formula is C10H15FN3O14P3. The van der Waals surface area contributed by atoms with Crippen molar-refractivity contribution in [2.45, 2.75) is 11.8 Å². The monoisotopic (exact) mass is 513 g/mol. The fourth-order valence-corrected chi connectivity index (χ4v) is 5.19. The van der Waals surface area contributed by atoms with Crippen molar-refractivity contribution in [2.24, 2.45) is 0 Å². The van der Waals surface area contributed by atoms with Crippen molar-refractivity contribution in [3.8, 4) is 0 Å². The normalized spacial score (nSPS) is 25.7. The first-order chi connectivity index (χ1) is 14.0. The number of phosphoric ester groups is 1. The molecule has 21 heteroatoms. The molecule has 2 rings (SSSR count). The summed E-state index contributed by atoms with van der Waals surface area (Å²) in [5.74, 6) is -2.41. The molecule has 2 unspecified atom stereocenters. The van der Waals surface area contributed by atoms with Crippen LogP contribution in [-0.2, 0) is 31.6 Å². The second-order valence-electron chi connectivity index (χ2n) is 5.71. The van der Waals surface area contributed by atoms with Gasteiger partial charge in [0, 0.05) is 6.20 Å². The SMILES string of the molecule is Nc1ccn([C@@H]2OC(COP(=O)(O)OP(=O)(O)OP(=O)(O)O)=C(O)[C@]2(O)CF)c(=O)n1. The van der Waals surface area contributed by atoms with Crippen molar-refractivity contribution in [1.82, 2.24) is 9.55 Å². The summed E-state index contributed by atoms with van der Waals surface area (Å²) in [5.41, 5.74) is 1.30. The highest BCUT2D eigenvalue weighted by Crippen LogP contribution is 2.66. The van der Waals surface area contributed by atoms with Crippen LogP contribution in [0.1, 0.15) is 6.23 Å². The molecule has 1 aliphatic heterocycles. The first-order valence-electron chi connectivity index (χ1n) is 7.50. The molecule has 0 fully saturated rings. The number of nitrogen functional groups attached to an aromatic ring is 1. The molecule has 0 radical (unpaired) electrons. The van der Waals surface area contributed by atoms with Crippen LogP contribution in [0.15, 0.2) is 28.6 Å². The summed E-state index contributed by atoms with van der Waals surface area (Å²) in [6.45, 7) is -3.04. The van der Waals surface area contributed by atoms with Gasteiger partial charge in [0.1, 0.15) is 19.1 Å². The highest BCUT2D eigenvalue weighted by atomic mass is 31.3. The Morgan fingerprint density at radius 3 is 2.35 bits per heavy atom. The number of halogens is 1. The van der Waals surface area contributed by atoms with E-state index < -0.39 is 65.8 Å². The van der Waals surface area contributed by atoms with Gasteiger partial charge < -0.3 is 40.3 Å². The van der Waals surface area contributed by atoms with E-state index >= 15 is 0 Å². The van der Waals surface area contributed by atoms with Gasteiger partial charge in [0.05, 0.1) is 0 Å². The van der Waals surface area contributed by atoms with E-state index in [9.17, 15) is 38.0 Å². The molecule has 176 valence electrons. The van der Waals surface area contributed by atoms with Gasteiger partial charge in [0.15, 0.2) is 11.5 Å². The number of nitrogens with two attached hydrogens (primary N) is 1. The van der Waals surface area contributed by atoms with Gasteiger partial charge in [-0.25, -0.2) is 22.9 Å². The van der Waals surface area contributed by atoms with Gasteiger partial charge in [-0.2, -0.15) is 13.6 Å². The van der Waals surface area contributed by atoms with Crippen LogP contribution in [0.2, 0.25) is 0 Å².